The fraction of sp³-hybridized carbons (Fsp3) is 0.400. The van der Waals surface area contributed by atoms with Crippen LogP contribution in [0.15, 0.2) is 12.1 Å². The number of rotatable bonds is 1. The average Bonchev–Trinajstić information content (AvgIpc) is 2.47. The van der Waals surface area contributed by atoms with Crippen molar-refractivity contribution in [2.75, 3.05) is 6.79 Å². The van der Waals surface area contributed by atoms with Crippen molar-refractivity contribution in [3.8, 4) is 17.2 Å². The third-order valence-corrected chi connectivity index (χ3v) is 2.15. The highest BCUT2D eigenvalue weighted by atomic mass is 16.7. The van der Waals surface area contributed by atoms with Gasteiger partial charge in [-0.15, -0.1) is 0 Å². The molecule has 0 aliphatic carbocycles. The van der Waals surface area contributed by atoms with Crippen molar-refractivity contribution in [2.45, 2.75) is 19.4 Å². The van der Waals surface area contributed by atoms with E-state index in [1.807, 2.05) is 0 Å². The molecule has 4 heteroatoms. The maximum atomic E-state index is 9.74. The van der Waals surface area contributed by atoms with Gasteiger partial charge in [-0.05, 0) is 19.9 Å². The van der Waals surface area contributed by atoms with Gasteiger partial charge < -0.3 is 19.7 Å². The molecule has 0 saturated carbocycles. The highest BCUT2D eigenvalue weighted by Crippen LogP contribution is 2.41. The fourth-order valence-corrected chi connectivity index (χ4v) is 1.42. The fourth-order valence-electron chi connectivity index (χ4n) is 1.42. The standard InChI is InChI=1S/C10H12O4/c1-10(2,12)6-3-8-9(4-7(6)11)14-5-13-8/h3-4,11-12H,5H2,1-2H3. The summed E-state index contributed by atoms with van der Waals surface area (Å²) in [6, 6.07) is 3.05. The summed E-state index contributed by atoms with van der Waals surface area (Å²) in [5, 5.41) is 19.4. The molecule has 14 heavy (non-hydrogen) atoms. The molecule has 0 spiro atoms. The molecule has 0 saturated heterocycles. The van der Waals surface area contributed by atoms with Crippen molar-refractivity contribution in [1.29, 1.82) is 0 Å². The number of fused-ring (bicyclic) bond motifs is 1. The minimum absolute atomic E-state index is 0.0155. The van der Waals surface area contributed by atoms with Gasteiger partial charge in [0.05, 0.1) is 5.60 Å². The van der Waals surface area contributed by atoms with Crippen LogP contribution in [0.25, 0.3) is 0 Å². The third-order valence-electron chi connectivity index (χ3n) is 2.15. The second kappa shape index (κ2) is 2.78. The Morgan fingerprint density at radius 3 is 2.36 bits per heavy atom. The van der Waals surface area contributed by atoms with Crippen molar-refractivity contribution in [1.82, 2.24) is 0 Å². The van der Waals surface area contributed by atoms with Crippen LogP contribution in [0.3, 0.4) is 0 Å². The summed E-state index contributed by atoms with van der Waals surface area (Å²) in [6.07, 6.45) is 0. The zero-order valence-electron chi connectivity index (χ0n) is 8.07. The highest BCUT2D eigenvalue weighted by Gasteiger charge is 2.25. The van der Waals surface area contributed by atoms with E-state index >= 15 is 0 Å². The lowest BCUT2D eigenvalue weighted by Gasteiger charge is -2.19. The Morgan fingerprint density at radius 2 is 1.79 bits per heavy atom. The van der Waals surface area contributed by atoms with E-state index in [1.54, 1.807) is 19.9 Å². The van der Waals surface area contributed by atoms with E-state index in [1.165, 1.54) is 6.07 Å². The lowest BCUT2D eigenvalue weighted by atomic mass is 9.97. The predicted octanol–water partition coefficient (Wildman–Crippen LogP) is 1.35. The quantitative estimate of drug-likeness (QED) is 0.711. The SMILES string of the molecule is CC(C)(O)c1cc2c(cc1O)OCO2. The molecule has 1 aliphatic rings. The van der Waals surface area contributed by atoms with Crippen LogP contribution in [-0.2, 0) is 5.60 Å². The first-order valence-corrected chi connectivity index (χ1v) is 4.34. The molecule has 2 N–H and O–H groups in total. The predicted molar refractivity (Wildman–Crippen MR) is 49.5 cm³/mol. The number of benzene rings is 1. The molecule has 0 fully saturated rings. The topological polar surface area (TPSA) is 58.9 Å². The Kier molecular flexibility index (Phi) is 1.82. The Labute approximate surface area is 81.7 Å². The summed E-state index contributed by atoms with van der Waals surface area (Å²) in [7, 11) is 0. The molecule has 76 valence electrons. The molecule has 4 nitrogen and oxygen atoms in total. The molecule has 1 aromatic carbocycles. The van der Waals surface area contributed by atoms with Gasteiger partial charge >= 0.3 is 0 Å². The summed E-state index contributed by atoms with van der Waals surface area (Å²) >= 11 is 0. The van der Waals surface area contributed by atoms with E-state index in [2.05, 4.69) is 0 Å². The van der Waals surface area contributed by atoms with Crippen LogP contribution >= 0.6 is 0 Å². The maximum absolute atomic E-state index is 9.74. The van der Waals surface area contributed by atoms with Gasteiger partial charge in [-0.25, -0.2) is 0 Å². The first-order valence-electron chi connectivity index (χ1n) is 4.34. The van der Waals surface area contributed by atoms with Crippen molar-refractivity contribution in [3.63, 3.8) is 0 Å². The minimum atomic E-state index is -1.09. The first kappa shape index (κ1) is 9.15. The summed E-state index contributed by atoms with van der Waals surface area (Å²) in [6.45, 7) is 3.36. The molecule has 1 aromatic rings. The molecule has 2 rings (SSSR count). The monoisotopic (exact) mass is 196 g/mol. The highest BCUT2D eigenvalue weighted by molar-refractivity contribution is 5.52. The van der Waals surface area contributed by atoms with E-state index in [9.17, 15) is 10.2 Å². The van der Waals surface area contributed by atoms with Crippen molar-refractivity contribution in [2.24, 2.45) is 0 Å². The van der Waals surface area contributed by atoms with Gasteiger partial charge in [-0.1, -0.05) is 0 Å². The Hall–Kier alpha value is -1.42. The van der Waals surface area contributed by atoms with Gasteiger partial charge in [-0.2, -0.15) is 0 Å². The normalized spacial score (nSPS) is 14.5. The number of aliphatic hydroxyl groups is 1. The zero-order valence-corrected chi connectivity index (χ0v) is 8.07. The van der Waals surface area contributed by atoms with Crippen LogP contribution in [0.2, 0.25) is 0 Å². The summed E-state index contributed by atoms with van der Waals surface area (Å²) in [4.78, 5) is 0. The van der Waals surface area contributed by atoms with Crippen molar-refractivity contribution < 1.29 is 19.7 Å². The molecule has 0 bridgehead atoms. The zero-order chi connectivity index (χ0) is 10.3. The van der Waals surface area contributed by atoms with Crippen LogP contribution in [0.4, 0.5) is 0 Å². The van der Waals surface area contributed by atoms with E-state index in [-0.39, 0.29) is 12.5 Å². The van der Waals surface area contributed by atoms with Gasteiger partial charge in [0, 0.05) is 11.6 Å². The second-order valence-corrected chi connectivity index (χ2v) is 3.78. The smallest absolute Gasteiger partial charge is 0.231 e. The van der Waals surface area contributed by atoms with Gasteiger partial charge in [0.1, 0.15) is 5.75 Å². The molecular formula is C10H12O4. The van der Waals surface area contributed by atoms with E-state index in [4.69, 9.17) is 9.47 Å². The lowest BCUT2D eigenvalue weighted by molar-refractivity contribution is 0.0756. The molecule has 1 heterocycles. The first-order chi connectivity index (χ1) is 6.48. The van der Waals surface area contributed by atoms with Crippen LogP contribution in [0.1, 0.15) is 19.4 Å². The van der Waals surface area contributed by atoms with Crippen LogP contribution in [0, 0.1) is 0 Å². The third kappa shape index (κ3) is 1.37. The molecular weight excluding hydrogens is 184 g/mol. The van der Waals surface area contributed by atoms with Crippen LogP contribution < -0.4 is 9.47 Å². The Morgan fingerprint density at radius 1 is 1.21 bits per heavy atom. The molecule has 0 radical (unpaired) electrons. The second-order valence-electron chi connectivity index (χ2n) is 3.78. The minimum Gasteiger partial charge on any atom is -0.507 e. The number of phenolic OH excluding ortho intramolecular Hbond substituents is 1. The number of phenols is 1. The molecule has 0 unspecified atom stereocenters. The van der Waals surface area contributed by atoms with E-state index < -0.39 is 5.60 Å². The molecule has 0 atom stereocenters. The summed E-state index contributed by atoms with van der Waals surface area (Å²) in [5.74, 6) is 1.08. The number of hydrogen-bond donors (Lipinski definition) is 2. The van der Waals surface area contributed by atoms with E-state index in [0.717, 1.165) is 0 Å². The Bertz CT molecular complexity index is 365. The summed E-state index contributed by atoms with van der Waals surface area (Å²) < 4.78 is 10.2. The number of aromatic hydroxyl groups is 1. The van der Waals surface area contributed by atoms with Crippen molar-refractivity contribution >= 4 is 0 Å². The van der Waals surface area contributed by atoms with Gasteiger partial charge in [0.25, 0.3) is 0 Å². The van der Waals surface area contributed by atoms with E-state index in [0.29, 0.717) is 17.1 Å². The van der Waals surface area contributed by atoms with Gasteiger partial charge in [0.15, 0.2) is 11.5 Å². The average molecular weight is 196 g/mol. The summed E-state index contributed by atoms with van der Waals surface area (Å²) in [5.41, 5.74) is -0.660. The number of ether oxygens (including phenoxy) is 2. The maximum Gasteiger partial charge on any atom is 0.231 e. The largest absolute Gasteiger partial charge is 0.507 e. The molecule has 1 aliphatic heterocycles. The molecule has 0 aromatic heterocycles. The van der Waals surface area contributed by atoms with Gasteiger partial charge in [0.2, 0.25) is 6.79 Å². The molecule has 0 amide bonds. The van der Waals surface area contributed by atoms with Gasteiger partial charge in [-0.3, -0.25) is 0 Å². The number of hydrogen-bond acceptors (Lipinski definition) is 4. The lowest BCUT2D eigenvalue weighted by Crippen LogP contribution is -2.15. The van der Waals surface area contributed by atoms with Crippen LogP contribution in [0.5, 0.6) is 17.2 Å². The van der Waals surface area contributed by atoms with Crippen LogP contribution in [-0.4, -0.2) is 17.0 Å². The Balaban J connectivity index is 2.53. The van der Waals surface area contributed by atoms with Crippen molar-refractivity contribution in [3.05, 3.63) is 17.7 Å².